The van der Waals surface area contributed by atoms with Crippen LogP contribution in [-0.4, -0.2) is 40.6 Å². The van der Waals surface area contributed by atoms with Gasteiger partial charge in [-0.1, -0.05) is 56.3 Å². The number of benzene rings is 1. The van der Waals surface area contributed by atoms with Gasteiger partial charge in [0.2, 0.25) is 0 Å². The third-order valence-electron chi connectivity index (χ3n) is 4.49. The summed E-state index contributed by atoms with van der Waals surface area (Å²) in [6.07, 6.45) is 2.33. The minimum atomic E-state index is -0.196. The Morgan fingerprint density at radius 1 is 1.19 bits per heavy atom. The highest BCUT2D eigenvalue weighted by Gasteiger charge is 2.24. The van der Waals surface area contributed by atoms with Crippen LogP contribution in [0, 0.1) is 0 Å². The van der Waals surface area contributed by atoms with E-state index in [-0.39, 0.29) is 11.3 Å². The van der Waals surface area contributed by atoms with Gasteiger partial charge in [-0.05, 0) is 18.1 Å². The number of amides is 1. The lowest BCUT2D eigenvalue weighted by Crippen LogP contribution is -2.37. The minimum absolute atomic E-state index is 0.0770. The Bertz CT molecular complexity index is 913. The van der Waals surface area contributed by atoms with Crippen LogP contribution in [-0.2, 0) is 11.8 Å². The predicted octanol–water partition coefficient (Wildman–Crippen LogP) is 3.16. The van der Waals surface area contributed by atoms with Crippen molar-refractivity contribution in [3.8, 4) is 0 Å². The Morgan fingerprint density at radius 2 is 1.93 bits per heavy atom. The Hall–Kier alpha value is -2.73. The molecule has 6 nitrogen and oxygen atoms in total. The molecule has 0 radical (unpaired) electrons. The molecule has 0 aliphatic heterocycles. The Morgan fingerprint density at radius 3 is 2.59 bits per heavy atom. The summed E-state index contributed by atoms with van der Waals surface area (Å²) in [6, 6.07) is 11.9. The summed E-state index contributed by atoms with van der Waals surface area (Å²) in [5, 5.41) is 4.92. The van der Waals surface area contributed by atoms with Crippen molar-refractivity contribution in [1.29, 1.82) is 0 Å². The third-order valence-corrected chi connectivity index (χ3v) is 4.49. The van der Waals surface area contributed by atoms with Crippen LogP contribution in [0.15, 0.2) is 47.1 Å². The lowest BCUT2D eigenvalue weighted by atomic mass is 9.90. The molecule has 2 N–H and O–H groups in total. The van der Waals surface area contributed by atoms with Gasteiger partial charge in [-0.3, -0.25) is 4.79 Å². The average molecular weight is 366 g/mol. The quantitative estimate of drug-likeness (QED) is 0.724. The molecule has 0 spiro atoms. The van der Waals surface area contributed by atoms with Crippen LogP contribution in [0.3, 0.4) is 0 Å². The van der Waals surface area contributed by atoms with E-state index in [9.17, 15) is 4.79 Å². The van der Waals surface area contributed by atoms with Gasteiger partial charge >= 0.3 is 0 Å². The molecule has 3 aromatic rings. The molecule has 3 rings (SSSR count). The summed E-state index contributed by atoms with van der Waals surface area (Å²) in [6.45, 7) is 7.68. The molecule has 27 heavy (non-hydrogen) atoms. The molecule has 0 fully saturated rings. The highest BCUT2D eigenvalue weighted by molar-refractivity contribution is 5.97. The van der Waals surface area contributed by atoms with Crippen LogP contribution in [0.1, 0.15) is 42.4 Å². The lowest BCUT2D eigenvalue weighted by molar-refractivity contribution is 0.0762. The fourth-order valence-corrected chi connectivity index (χ4v) is 3.05. The number of hydrogen-bond acceptors (Lipinski definition) is 5. The van der Waals surface area contributed by atoms with E-state index >= 15 is 0 Å². The maximum absolute atomic E-state index is 13.1. The lowest BCUT2D eigenvalue weighted by Gasteiger charge is -2.22. The number of aromatic nitrogens is 2. The van der Waals surface area contributed by atoms with Crippen LogP contribution in [0.2, 0.25) is 0 Å². The van der Waals surface area contributed by atoms with Crippen molar-refractivity contribution >= 4 is 17.0 Å². The summed E-state index contributed by atoms with van der Waals surface area (Å²) in [5.41, 5.74) is 8.51. The number of rotatable bonds is 6. The van der Waals surface area contributed by atoms with Crippen molar-refractivity contribution in [2.45, 2.75) is 32.6 Å². The van der Waals surface area contributed by atoms with Gasteiger partial charge in [0, 0.05) is 31.2 Å². The van der Waals surface area contributed by atoms with E-state index in [4.69, 9.17) is 10.3 Å². The smallest absolute Gasteiger partial charge is 0.257 e. The number of nitrogens with zero attached hydrogens (tertiary/aromatic N) is 3. The van der Waals surface area contributed by atoms with Gasteiger partial charge in [-0.15, -0.1) is 0 Å². The Balaban J connectivity index is 1.84. The number of hydrogen-bond donors (Lipinski definition) is 1. The summed E-state index contributed by atoms with van der Waals surface area (Å²) >= 11 is 0. The molecule has 0 atom stereocenters. The van der Waals surface area contributed by atoms with Crippen molar-refractivity contribution in [3.05, 3.63) is 59.4 Å². The normalized spacial score (nSPS) is 11.7. The molecule has 0 unspecified atom stereocenters. The van der Waals surface area contributed by atoms with E-state index < -0.39 is 0 Å². The van der Waals surface area contributed by atoms with Crippen molar-refractivity contribution in [3.63, 3.8) is 0 Å². The molecule has 1 amide bonds. The fourth-order valence-electron chi connectivity index (χ4n) is 3.05. The molecule has 142 valence electrons. The SMILES string of the molecule is CC(C)(C)c1noc2ncc(C(=O)N(CCN)CCc3ccccc3)cc12. The van der Waals surface area contributed by atoms with Gasteiger partial charge in [0.05, 0.1) is 16.6 Å². The standard InChI is InChI=1S/C21H26N4O2/c1-21(2,3)18-17-13-16(14-23-19(17)27-24-18)20(26)25(12-10-22)11-9-15-7-5-4-6-8-15/h4-8,13-14H,9-12,22H2,1-3H3. The topological polar surface area (TPSA) is 85.2 Å². The third kappa shape index (κ3) is 4.34. The maximum atomic E-state index is 13.1. The van der Waals surface area contributed by atoms with Crippen molar-refractivity contribution in [2.24, 2.45) is 5.73 Å². The molecule has 0 bridgehead atoms. The molecule has 1 aromatic carbocycles. The molecule has 6 heteroatoms. The van der Waals surface area contributed by atoms with E-state index in [1.165, 1.54) is 5.56 Å². The fraction of sp³-hybridized carbons (Fsp3) is 0.381. The molecular weight excluding hydrogens is 340 g/mol. The van der Waals surface area contributed by atoms with Crippen molar-refractivity contribution in [1.82, 2.24) is 15.0 Å². The summed E-state index contributed by atoms with van der Waals surface area (Å²) in [5.74, 6) is -0.0770. The number of fused-ring (bicyclic) bond motifs is 1. The maximum Gasteiger partial charge on any atom is 0.257 e. The number of carbonyl (C=O) groups excluding carboxylic acids is 1. The summed E-state index contributed by atoms with van der Waals surface area (Å²) in [4.78, 5) is 19.1. The number of carbonyl (C=O) groups is 1. The van der Waals surface area contributed by atoms with Crippen LogP contribution >= 0.6 is 0 Å². The van der Waals surface area contributed by atoms with E-state index in [0.29, 0.717) is 30.9 Å². The van der Waals surface area contributed by atoms with Gasteiger partial charge in [0.25, 0.3) is 11.6 Å². The second-order valence-corrected chi connectivity index (χ2v) is 7.67. The Kier molecular flexibility index (Phi) is 5.56. The monoisotopic (exact) mass is 366 g/mol. The van der Waals surface area contributed by atoms with E-state index in [1.54, 1.807) is 11.1 Å². The highest BCUT2D eigenvalue weighted by atomic mass is 16.5. The predicted molar refractivity (Wildman–Crippen MR) is 106 cm³/mol. The minimum Gasteiger partial charge on any atom is -0.337 e. The van der Waals surface area contributed by atoms with E-state index in [2.05, 4.69) is 43.0 Å². The first kappa shape index (κ1) is 19.0. The zero-order valence-corrected chi connectivity index (χ0v) is 16.1. The van der Waals surface area contributed by atoms with Crippen LogP contribution in [0.5, 0.6) is 0 Å². The van der Waals surface area contributed by atoms with Gasteiger partial charge in [-0.2, -0.15) is 0 Å². The van der Waals surface area contributed by atoms with Gasteiger partial charge in [0.15, 0.2) is 0 Å². The van der Waals surface area contributed by atoms with Crippen molar-refractivity contribution < 1.29 is 9.32 Å². The average Bonchev–Trinajstić information content (AvgIpc) is 3.09. The molecular formula is C21H26N4O2. The van der Waals surface area contributed by atoms with Crippen LogP contribution < -0.4 is 5.73 Å². The first-order valence-electron chi connectivity index (χ1n) is 9.19. The van der Waals surface area contributed by atoms with Crippen molar-refractivity contribution in [2.75, 3.05) is 19.6 Å². The highest BCUT2D eigenvalue weighted by Crippen LogP contribution is 2.29. The molecule has 0 aliphatic carbocycles. The summed E-state index contributed by atoms with van der Waals surface area (Å²) < 4.78 is 5.32. The summed E-state index contributed by atoms with van der Waals surface area (Å²) in [7, 11) is 0. The number of nitrogens with two attached hydrogens (primary N) is 1. The van der Waals surface area contributed by atoms with Gasteiger partial charge in [-0.25, -0.2) is 4.98 Å². The molecule has 2 heterocycles. The van der Waals surface area contributed by atoms with Crippen LogP contribution in [0.4, 0.5) is 0 Å². The molecule has 0 saturated heterocycles. The molecule has 2 aromatic heterocycles. The molecule has 0 saturated carbocycles. The second kappa shape index (κ2) is 7.88. The van der Waals surface area contributed by atoms with Gasteiger partial charge < -0.3 is 15.2 Å². The van der Waals surface area contributed by atoms with Gasteiger partial charge in [0.1, 0.15) is 0 Å². The Labute approximate surface area is 159 Å². The zero-order valence-electron chi connectivity index (χ0n) is 16.1. The first-order valence-corrected chi connectivity index (χ1v) is 9.19. The van der Waals surface area contributed by atoms with Crippen LogP contribution in [0.25, 0.3) is 11.1 Å². The first-order chi connectivity index (χ1) is 12.9. The number of pyridine rings is 1. The largest absolute Gasteiger partial charge is 0.337 e. The zero-order chi connectivity index (χ0) is 19.4. The molecule has 0 aliphatic rings. The van der Waals surface area contributed by atoms with E-state index in [0.717, 1.165) is 17.5 Å². The van der Waals surface area contributed by atoms with E-state index in [1.807, 2.05) is 24.3 Å². The second-order valence-electron chi connectivity index (χ2n) is 7.67.